The van der Waals surface area contributed by atoms with E-state index in [1.165, 1.54) is 42.9 Å². The summed E-state index contributed by atoms with van der Waals surface area (Å²) in [7, 11) is 0. The Balaban J connectivity index is 1.91. The number of rotatable bonds is 4. The molecule has 1 atom stereocenters. The van der Waals surface area contributed by atoms with Crippen LogP contribution in [0.5, 0.6) is 0 Å². The number of hydrogen-bond donors (Lipinski definition) is 0. The Labute approximate surface area is 103 Å². The van der Waals surface area contributed by atoms with Crippen LogP contribution in [0, 0.1) is 0 Å². The van der Waals surface area contributed by atoms with Gasteiger partial charge in [0.1, 0.15) is 0 Å². The van der Waals surface area contributed by atoms with Gasteiger partial charge in [-0.3, -0.25) is 4.90 Å². The summed E-state index contributed by atoms with van der Waals surface area (Å²) in [5.41, 5.74) is 1.28. The molecule has 2 heterocycles. The first-order valence-corrected chi connectivity index (χ1v) is 7.35. The fourth-order valence-electron chi connectivity index (χ4n) is 2.35. The average Bonchev–Trinajstić information content (AvgIpc) is 2.70. The summed E-state index contributed by atoms with van der Waals surface area (Å²) in [4.78, 5) is 7.28. The summed E-state index contributed by atoms with van der Waals surface area (Å²) < 4.78 is 0. The minimum absolute atomic E-state index is 0.741. The molecule has 0 aliphatic carbocycles. The molecule has 1 aromatic rings. The topological polar surface area (TPSA) is 16.1 Å². The van der Waals surface area contributed by atoms with Crippen molar-refractivity contribution >= 4 is 11.3 Å². The van der Waals surface area contributed by atoms with Crippen LogP contribution in [0.3, 0.4) is 0 Å². The van der Waals surface area contributed by atoms with Crippen molar-refractivity contribution in [3.8, 4) is 0 Å². The van der Waals surface area contributed by atoms with Crippen molar-refractivity contribution < 1.29 is 0 Å². The predicted octanol–water partition coefficient (Wildman–Crippen LogP) is 3.47. The van der Waals surface area contributed by atoms with Crippen molar-refractivity contribution in [2.24, 2.45) is 0 Å². The molecule has 1 aliphatic rings. The molecule has 1 unspecified atom stereocenters. The molecule has 0 aromatic carbocycles. The molecule has 2 nitrogen and oxygen atoms in total. The van der Waals surface area contributed by atoms with Crippen molar-refractivity contribution in [3.05, 3.63) is 16.1 Å². The van der Waals surface area contributed by atoms with Crippen LogP contribution < -0.4 is 0 Å². The maximum atomic E-state index is 4.71. The van der Waals surface area contributed by atoms with E-state index in [2.05, 4.69) is 24.1 Å². The van der Waals surface area contributed by atoms with Crippen molar-refractivity contribution in [3.63, 3.8) is 0 Å². The molecule has 1 saturated heterocycles. The zero-order valence-electron chi connectivity index (χ0n) is 10.4. The monoisotopic (exact) mass is 238 g/mol. The van der Waals surface area contributed by atoms with Crippen LogP contribution in [-0.2, 0) is 13.0 Å². The van der Waals surface area contributed by atoms with E-state index in [0.29, 0.717) is 0 Å². The lowest BCUT2D eigenvalue weighted by Gasteiger charge is -2.32. The Morgan fingerprint density at radius 1 is 1.50 bits per heavy atom. The molecule has 0 amide bonds. The fourth-order valence-corrected chi connectivity index (χ4v) is 3.24. The van der Waals surface area contributed by atoms with E-state index in [1.54, 1.807) is 0 Å². The number of aromatic nitrogens is 1. The number of nitrogens with zero attached hydrogens (tertiary/aromatic N) is 2. The molecule has 16 heavy (non-hydrogen) atoms. The van der Waals surface area contributed by atoms with Crippen molar-refractivity contribution in [1.29, 1.82) is 0 Å². The molecular formula is C13H22N2S. The summed E-state index contributed by atoms with van der Waals surface area (Å²) in [6.07, 6.45) is 6.45. The summed E-state index contributed by atoms with van der Waals surface area (Å²) in [6.45, 7) is 6.87. The lowest BCUT2D eigenvalue weighted by Crippen LogP contribution is -2.36. The van der Waals surface area contributed by atoms with Crippen molar-refractivity contribution in [1.82, 2.24) is 9.88 Å². The molecule has 1 aromatic heterocycles. The number of thiazole rings is 1. The number of piperidine rings is 1. The van der Waals surface area contributed by atoms with E-state index < -0.39 is 0 Å². The zero-order valence-corrected chi connectivity index (χ0v) is 11.2. The first-order chi connectivity index (χ1) is 7.79. The molecule has 0 radical (unpaired) electrons. The fraction of sp³-hybridized carbons (Fsp3) is 0.769. The third kappa shape index (κ3) is 3.05. The highest BCUT2D eigenvalue weighted by Crippen LogP contribution is 2.20. The van der Waals surface area contributed by atoms with Gasteiger partial charge in [0, 0.05) is 18.0 Å². The van der Waals surface area contributed by atoms with Gasteiger partial charge in [-0.2, -0.15) is 0 Å². The first kappa shape index (κ1) is 12.1. The minimum Gasteiger partial charge on any atom is -0.295 e. The second-order valence-electron chi connectivity index (χ2n) is 4.80. The second-order valence-corrected chi connectivity index (χ2v) is 5.74. The van der Waals surface area contributed by atoms with Gasteiger partial charge in [0.15, 0.2) is 0 Å². The largest absolute Gasteiger partial charge is 0.295 e. The van der Waals surface area contributed by atoms with Gasteiger partial charge < -0.3 is 0 Å². The van der Waals surface area contributed by atoms with Crippen LogP contribution in [0.15, 0.2) is 5.38 Å². The SMILES string of the molecule is CCCc1nc(CN2CCCCC2C)cs1. The molecule has 0 saturated carbocycles. The molecule has 1 fully saturated rings. The van der Waals surface area contributed by atoms with E-state index in [0.717, 1.165) is 19.0 Å². The summed E-state index contributed by atoms with van der Waals surface area (Å²) in [5, 5.41) is 3.55. The summed E-state index contributed by atoms with van der Waals surface area (Å²) in [5.74, 6) is 0. The second kappa shape index (κ2) is 5.78. The Morgan fingerprint density at radius 2 is 2.38 bits per heavy atom. The van der Waals surface area contributed by atoms with Gasteiger partial charge in [0.25, 0.3) is 0 Å². The van der Waals surface area contributed by atoms with E-state index in [9.17, 15) is 0 Å². The quantitative estimate of drug-likeness (QED) is 0.798. The Kier molecular flexibility index (Phi) is 4.36. The molecular weight excluding hydrogens is 216 g/mol. The van der Waals surface area contributed by atoms with Gasteiger partial charge in [0.05, 0.1) is 10.7 Å². The molecule has 0 N–H and O–H groups in total. The van der Waals surface area contributed by atoms with Crippen LogP contribution in [0.25, 0.3) is 0 Å². The highest BCUT2D eigenvalue weighted by molar-refractivity contribution is 7.09. The van der Waals surface area contributed by atoms with Gasteiger partial charge in [-0.25, -0.2) is 4.98 Å². The molecule has 90 valence electrons. The molecule has 0 spiro atoms. The maximum Gasteiger partial charge on any atom is 0.0928 e. The highest BCUT2D eigenvalue weighted by atomic mass is 32.1. The average molecular weight is 238 g/mol. The van der Waals surface area contributed by atoms with Crippen molar-refractivity contribution in [2.45, 2.75) is 58.5 Å². The van der Waals surface area contributed by atoms with Crippen LogP contribution in [0.4, 0.5) is 0 Å². The Morgan fingerprint density at radius 3 is 3.12 bits per heavy atom. The molecule has 2 rings (SSSR count). The van der Waals surface area contributed by atoms with Crippen molar-refractivity contribution in [2.75, 3.05) is 6.54 Å². The van der Waals surface area contributed by atoms with Crippen LogP contribution in [0.1, 0.15) is 50.2 Å². The number of likely N-dealkylation sites (tertiary alicyclic amines) is 1. The van der Waals surface area contributed by atoms with Gasteiger partial charge in [-0.1, -0.05) is 13.3 Å². The molecule has 1 aliphatic heterocycles. The highest BCUT2D eigenvalue weighted by Gasteiger charge is 2.18. The van der Waals surface area contributed by atoms with Gasteiger partial charge >= 0.3 is 0 Å². The minimum atomic E-state index is 0.741. The third-order valence-corrected chi connectivity index (χ3v) is 4.33. The summed E-state index contributed by atoms with van der Waals surface area (Å²) >= 11 is 1.83. The molecule has 3 heteroatoms. The Bertz CT molecular complexity index is 321. The van der Waals surface area contributed by atoms with E-state index >= 15 is 0 Å². The summed E-state index contributed by atoms with van der Waals surface area (Å²) in [6, 6.07) is 0.741. The lowest BCUT2D eigenvalue weighted by molar-refractivity contribution is 0.151. The lowest BCUT2D eigenvalue weighted by atomic mass is 10.0. The molecule has 0 bridgehead atoms. The predicted molar refractivity (Wildman–Crippen MR) is 69.8 cm³/mol. The standard InChI is InChI=1S/C13H22N2S/c1-3-6-13-14-12(10-16-13)9-15-8-5-4-7-11(15)2/h10-11H,3-9H2,1-2H3. The van der Waals surface area contributed by atoms with E-state index in [4.69, 9.17) is 4.98 Å². The smallest absolute Gasteiger partial charge is 0.0928 e. The first-order valence-electron chi connectivity index (χ1n) is 6.47. The number of hydrogen-bond acceptors (Lipinski definition) is 3. The van der Waals surface area contributed by atoms with Gasteiger partial charge in [-0.15, -0.1) is 11.3 Å². The third-order valence-electron chi connectivity index (χ3n) is 3.37. The van der Waals surface area contributed by atoms with E-state index in [-0.39, 0.29) is 0 Å². The number of aryl methyl sites for hydroxylation is 1. The van der Waals surface area contributed by atoms with Gasteiger partial charge in [-0.05, 0) is 39.2 Å². The van der Waals surface area contributed by atoms with Crippen LogP contribution >= 0.6 is 11.3 Å². The normalized spacial score (nSPS) is 22.5. The van der Waals surface area contributed by atoms with Crippen LogP contribution in [-0.4, -0.2) is 22.5 Å². The van der Waals surface area contributed by atoms with Crippen LogP contribution in [0.2, 0.25) is 0 Å². The van der Waals surface area contributed by atoms with Gasteiger partial charge in [0.2, 0.25) is 0 Å². The van der Waals surface area contributed by atoms with E-state index in [1.807, 2.05) is 11.3 Å². The maximum absolute atomic E-state index is 4.71. The zero-order chi connectivity index (χ0) is 11.4. The Hall–Kier alpha value is -0.410.